The van der Waals surface area contributed by atoms with Gasteiger partial charge in [-0.3, -0.25) is 0 Å². The van der Waals surface area contributed by atoms with E-state index in [1.54, 1.807) is 0 Å². The maximum Gasteiger partial charge on any atom is 0.104 e. The molecule has 11 heteroatoms. The Morgan fingerprint density at radius 3 is 0.427 bits per heavy atom. The van der Waals surface area contributed by atoms with E-state index in [0.29, 0.717) is 0 Å². The predicted octanol–water partition coefficient (Wildman–Crippen LogP) is 31.7. The monoisotopic (exact) mass is 1610 g/mol. The van der Waals surface area contributed by atoms with Crippen molar-refractivity contribution in [3.05, 3.63) is 105 Å². The van der Waals surface area contributed by atoms with Gasteiger partial charge in [0.15, 0.2) is 0 Å². The standard InChI is InChI=1S/3C33H61ClN.H3O4P/c3*1-4-7-8-9-10-11-12-13-14-15-16-17-18-19-20-21-22-23-24-25-30-35(5-2,6-3)31-32-26-28-33(34)29-27-32;1-5(2,3)4/h3*26-29H,4-25,30-31H2,1-3H3;(H3,1,2,3,4)/q3*+1;/p-3. The molecule has 0 amide bonds. The molecule has 0 aliphatic heterocycles. The SMILES string of the molecule is CCCCCCCCCCCCCCCCCCCCCC[N+](CC)(CC)Cc1ccc(Cl)cc1.CCCCCCCCCCCCCCCCCCCCCC[N+](CC)(CC)Cc1ccc(Cl)cc1.CCCCCCCCCCCCCCCCCCCCCC[N+](CC)(CC)Cc1ccc(Cl)cc1.O=P([O-])([O-])[O-]. The maximum atomic E-state index is 8.55. The number of halogens is 3. The molecule has 110 heavy (non-hydrogen) atoms. The Hall–Kier alpha value is -1.48. The van der Waals surface area contributed by atoms with E-state index in [1.165, 1.54) is 474 Å². The largest absolute Gasteiger partial charge is 0.822 e. The molecule has 0 aliphatic rings. The van der Waals surface area contributed by atoms with Crippen LogP contribution < -0.4 is 14.7 Å². The first-order valence-electron chi connectivity index (χ1n) is 48.0. The molecule has 644 valence electrons. The molecule has 3 aromatic rings. The van der Waals surface area contributed by atoms with Crippen molar-refractivity contribution in [3.63, 3.8) is 0 Å². The normalized spacial score (nSPS) is 11.9. The molecule has 0 aliphatic carbocycles. The van der Waals surface area contributed by atoms with Crippen molar-refractivity contribution in [2.45, 2.75) is 467 Å². The van der Waals surface area contributed by atoms with Crippen LogP contribution >= 0.6 is 42.6 Å². The van der Waals surface area contributed by atoms with Gasteiger partial charge in [-0.05, 0) is 116 Å². The number of hydrogen-bond acceptors (Lipinski definition) is 4. The first-order valence-corrected chi connectivity index (χ1v) is 50.6. The molecule has 0 heterocycles. The molecule has 3 rings (SSSR count). The van der Waals surface area contributed by atoms with Gasteiger partial charge < -0.3 is 32.7 Å². The third-order valence-electron chi connectivity index (χ3n) is 24.8. The minimum atomic E-state index is -5.39. The number of benzene rings is 3. The second-order valence-electron chi connectivity index (χ2n) is 34.0. The van der Waals surface area contributed by atoms with E-state index in [4.69, 9.17) is 54.0 Å². The van der Waals surface area contributed by atoms with Crippen LogP contribution in [0, 0.1) is 0 Å². The molecule has 0 unspecified atom stereocenters. The quantitative estimate of drug-likeness (QED) is 0.0320. The van der Waals surface area contributed by atoms with Crippen molar-refractivity contribution in [3.8, 4) is 0 Å². The van der Waals surface area contributed by atoms with E-state index >= 15 is 0 Å². The van der Waals surface area contributed by atoms with Crippen LogP contribution in [0.15, 0.2) is 72.8 Å². The summed E-state index contributed by atoms with van der Waals surface area (Å²) in [5, 5.41) is 2.52. The number of phosphoric acid groups is 1. The Morgan fingerprint density at radius 2 is 0.318 bits per heavy atom. The fourth-order valence-corrected chi connectivity index (χ4v) is 16.9. The number of unbranched alkanes of at least 4 members (excludes halogenated alkanes) is 57. The molecule has 7 nitrogen and oxygen atoms in total. The van der Waals surface area contributed by atoms with Gasteiger partial charge in [-0.25, -0.2) is 0 Å². The van der Waals surface area contributed by atoms with E-state index in [1.807, 2.05) is 36.4 Å². The fraction of sp³-hybridized carbons (Fsp3) is 0.818. The lowest BCUT2D eigenvalue weighted by atomic mass is 10.0. The predicted molar refractivity (Wildman–Crippen MR) is 486 cm³/mol. The van der Waals surface area contributed by atoms with E-state index in [2.05, 4.69) is 98.7 Å². The summed E-state index contributed by atoms with van der Waals surface area (Å²) in [7, 11) is -5.39. The fourth-order valence-electron chi connectivity index (χ4n) is 16.6. The highest BCUT2D eigenvalue weighted by Gasteiger charge is 2.26. The molecule has 0 N–H and O–H groups in total. The summed E-state index contributed by atoms with van der Waals surface area (Å²) in [5.41, 5.74) is 4.27. The van der Waals surface area contributed by atoms with E-state index in [0.717, 1.165) is 34.7 Å². The highest BCUT2D eigenvalue weighted by atomic mass is 35.5. The van der Waals surface area contributed by atoms with Crippen molar-refractivity contribution in [2.24, 2.45) is 0 Å². The Bertz CT molecular complexity index is 2120. The highest BCUT2D eigenvalue weighted by Crippen LogP contribution is 2.26. The van der Waals surface area contributed by atoms with Gasteiger partial charge in [0.1, 0.15) is 19.6 Å². The lowest BCUT2D eigenvalue weighted by molar-refractivity contribution is -0.938. The molecule has 0 saturated carbocycles. The summed E-state index contributed by atoms with van der Waals surface area (Å²) in [6.45, 7) is 35.7. The van der Waals surface area contributed by atoms with Crippen LogP contribution in [0.5, 0.6) is 0 Å². The van der Waals surface area contributed by atoms with Crippen LogP contribution in [0.25, 0.3) is 0 Å². The van der Waals surface area contributed by atoms with Gasteiger partial charge in [0.2, 0.25) is 0 Å². The van der Waals surface area contributed by atoms with Gasteiger partial charge >= 0.3 is 0 Å². The first-order chi connectivity index (χ1) is 53.5. The van der Waals surface area contributed by atoms with Crippen molar-refractivity contribution >= 4 is 42.6 Å². The third kappa shape index (κ3) is 69.6. The number of hydrogen-bond donors (Lipinski definition) is 0. The molecular weight excluding hydrogens is 1430 g/mol. The van der Waals surface area contributed by atoms with Gasteiger partial charge in [-0.15, -0.1) is 0 Å². The molecule has 0 fully saturated rings. The third-order valence-corrected chi connectivity index (χ3v) is 25.5. The average molecular weight is 1620 g/mol. The lowest BCUT2D eigenvalue weighted by Gasteiger charge is -2.37. The van der Waals surface area contributed by atoms with E-state index in [9.17, 15) is 0 Å². The molecule has 0 atom stereocenters. The smallest absolute Gasteiger partial charge is 0.104 e. The Balaban J connectivity index is 0.00000157. The molecule has 0 saturated heterocycles. The molecule has 0 spiro atoms. The molecule has 0 radical (unpaired) electrons. The van der Waals surface area contributed by atoms with Gasteiger partial charge in [0.25, 0.3) is 0 Å². The van der Waals surface area contributed by atoms with Crippen molar-refractivity contribution in [1.82, 2.24) is 0 Å². The minimum Gasteiger partial charge on any atom is -0.822 e. The zero-order valence-corrected chi connectivity index (χ0v) is 77.6. The molecule has 3 aromatic carbocycles. The summed E-state index contributed by atoms with van der Waals surface area (Å²) < 4.78 is 12.2. The number of quaternary nitrogens is 3. The van der Waals surface area contributed by atoms with Crippen LogP contribution in [0.2, 0.25) is 15.1 Å². The van der Waals surface area contributed by atoms with Gasteiger partial charge in [-0.1, -0.05) is 439 Å². The maximum absolute atomic E-state index is 8.55. The first kappa shape index (κ1) is 109. The second kappa shape index (κ2) is 78.7. The lowest BCUT2D eigenvalue weighted by Crippen LogP contribution is -2.47. The Morgan fingerprint density at radius 1 is 0.209 bits per heavy atom. The van der Waals surface area contributed by atoms with Crippen LogP contribution in [0.3, 0.4) is 0 Å². The van der Waals surface area contributed by atoms with Gasteiger partial charge in [0, 0.05) is 31.8 Å². The van der Waals surface area contributed by atoms with Crippen molar-refractivity contribution in [1.29, 1.82) is 0 Å². The zero-order valence-electron chi connectivity index (χ0n) is 74.4. The molecule has 0 aromatic heterocycles. The van der Waals surface area contributed by atoms with Crippen LogP contribution in [-0.4, -0.2) is 72.4 Å². The van der Waals surface area contributed by atoms with Crippen molar-refractivity contribution < 1.29 is 32.7 Å². The highest BCUT2D eigenvalue weighted by molar-refractivity contribution is 7.40. The average Bonchev–Trinajstić information content (AvgIpc) is 0.867. The van der Waals surface area contributed by atoms with E-state index < -0.39 is 7.82 Å². The summed E-state index contributed by atoms with van der Waals surface area (Å²) >= 11 is 18.2. The van der Waals surface area contributed by atoms with Gasteiger partial charge in [-0.2, -0.15) is 7.82 Å². The summed E-state index contributed by atoms with van der Waals surface area (Å²) in [4.78, 5) is 25.6. The van der Waals surface area contributed by atoms with Crippen LogP contribution in [-0.2, 0) is 24.2 Å². The Labute approximate surface area is 701 Å². The molecular formula is C99H183Cl3N3O4P. The summed E-state index contributed by atoms with van der Waals surface area (Å²) in [6, 6.07) is 25.5. The summed E-state index contributed by atoms with van der Waals surface area (Å²) in [5.74, 6) is 0. The van der Waals surface area contributed by atoms with Crippen molar-refractivity contribution in [2.75, 3.05) is 58.9 Å². The van der Waals surface area contributed by atoms with Crippen LogP contribution in [0.4, 0.5) is 0 Å². The second-order valence-corrected chi connectivity index (χ2v) is 36.3. The van der Waals surface area contributed by atoms with E-state index in [-0.39, 0.29) is 0 Å². The topological polar surface area (TPSA) is 86.2 Å². The number of nitrogens with zero attached hydrogens (tertiary/aromatic N) is 3. The minimum absolute atomic E-state index is 0.842. The number of rotatable bonds is 75. The van der Waals surface area contributed by atoms with Gasteiger partial charge in [0.05, 0.1) is 58.9 Å². The zero-order chi connectivity index (χ0) is 80.9. The van der Waals surface area contributed by atoms with Crippen LogP contribution in [0.1, 0.15) is 464 Å². The molecule has 0 bridgehead atoms. The summed E-state index contributed by atoms with van der Waals surface area (Å²) in [6.07, 6.45) is 87.0. The Kier molecular flexibility index (Phi) is 77.6.